The second kappa shape index (κ2) is 4.00. The first-order valence-corrected chi connectivity index (χ1v) is 4.34. The molecule has 0 heterocycles. The number of hydrogen-bond acceptors (Lipinski definition) is 3. The SMILES string of the molecule is CCc1cc(C(C)=O)cc([N+](=O)[O-])c1. The van der Waals surface area contributed by atoms with E-state index in [1.165, 1.54) is 19.1 Å². The summed E-state index contributed by atoms with van der Waals surface area (Å²) in [7, 11) is 0. The Hall–Kier alpha value is -1.71. The quantitative estimate of drug-likeness (QED) is 0.420. The molecule has 0 aliphatic rings. The van der Waals surface area contributed by atoms with E-state index in [0.29, 0.717) is 12.0 Å². The van der Waals surface area contributed by atoms with Gasteiger partial charge in [0.2, 0.25) is 0 Å². The van der Waals surface area contributed by atoms with E-state index in [-0.39, 0.29) is 11.5 Å². The van der Waals surface area contributed by atoms with Crippen molar-refractivity contribution < 1.29 is 9.72 Å². The summed E-state index contributed by atoms with van der Waals surface area (Å²) in [5.74, 6) is -0.150. The van der Waals surface area contributed by atoms with Gasteiger partial charge in [0.05, 0.1) is 4.92 Å². The molecule has 0 unspecified atom stereocenters. The van der Waals surface area contributed by atoms with E-state index in [9.17, 15) is 14.9 Å². The summed E-state index contributed by atoms with van der Waals surface area (Å²) in [5.41, 5.74) is 1.19. The fourth-order valence-corrected chi connectivity index (χ4v) is 1.19. The molecule has 0 atom stereocenters. The van der Waals surface area contributed by atoms with Crippen molar-refractivity contribution in [3.05, 3.63) is 39.4 Å². The van der Waals surface area contributed by atoms with Crippen LogP contribution in [0.3, 0.4) is 0 Å². The minimum absolute atomic E-state index is 0.0189. The van der Waals surface area contributed by atoms with Gasteiger partial charge >= 0.3 is 0 Å². The number of nitro groups is 1. The number of hydrogen-bond donors (Lipinski definition) is 0. The van der Waals surface area contributed by atoms with Crippen molar-refractivity contribution in [1.82, 2.24) is 0 Å². The molecule has 4 heteroatoms. The maximum absolute atomic E-state index is 11.1. The van der Waals surface area contributed by atoms with Crippen LogP contribution < -0.4 is 0 Å². The Bertz CT molecular complexity index is 353. The van der Waals surface area contributed by atoms with Crippen LogP contribution in [0.5, 0.6) is 0 Å². The Kier molecular flexibility index (Phi) is 2.96. The van der Waals surface area contributed by atoms with Gasteiger partial charge in [0.1, 0.15) is 0 Å². The van der Waals surface area contributed by atoms with Crippen LogP contribution in [0.2, 0.25) is 0 Å². The fraction of sp³-hybridized carbons (Fsp3) is 0.300. The number of benzene rings is 1. The molecule has 0 radical (unpaired) electrons. The first-order valence-electron chi connectivity index (χ1n) is 4.34. The number of Topliss-reactive ketones (excluding diaryl/α,β-unsaturated/α-hetero) is 1. The molecular weight excluding hydrogens is 182 g/mol. The highest BCUT2D eigenvalue weighted by atomic mass is 16.6. The number of carbonyl (C=O) groups is 1. The average Bonchev–Trinajstić information content (AvgIpc) is 2.16. The monoisotopic (exact) mass is 193 g/mol. The van der Waals surface area contributed by atoms with Crippen LogP contribution in [-0.2, 0) is 6.42 Å². The van der Waals surface area contributed by atoms with Crippen LogP contribution in [0.15, 0.2) is 18.2 Å². The van der Waals surface area contributed by atoms with E-state index in [1.807, 2.05) is 6.92 Å². The van der Waals surface area contributed by atoms with Crippen LogP contribution in [0, 0.1) is 10.1 Å². The lowest BCUT2D eigenvalue weighted by atomic mass is 10.1. The van der Waals surface area contributed by atoms with Crippen molar-refractivity contribution in [2.75, 3.05) is 0 Å². The molecule has 0 saturated carbocycles. The maximum atomic E-state index is 11.1. The van der Waals surface area contributed by atoms with Crippen LogP contribution in [-0.4, -0.2) is 10.7 Å². The summed E-state index contributed by atoms with van der Waals surface area (Å²) in [4.78, 5) is 21.1. The Morgan fingerprint density at radius 1 is 1.43 bits per heavy atom. The predicted octanol–water partition coefficient (Wildman–Crippen LogP) is 2.36. The van der Waals surface area contributed by atoms with Crippen LogP contribution in [0.4, 0.5) is 5.69 Å². The van der Waals surface area contributed by atoms with Crippen molar-refractivity contribution in [3.63, 3.8) is 0 Å². The average molecular weight is 193 g/mol. The molecular formula is C10H11NO3. The summed E-state index contributed by atoms with van der Waals surface area (Å²) in [6.07, 6.45) is 0.682. The Morgan fingerprint density at radius 2 is 2.07 bits per heavy atom. The topological polar surface area (TPSA) is 60.2 Å². The molecule has 0 spiro atoms. The standard InChI is InChI=1S/C10H11NO3/c1-3-8-4-9(7(2)12)6-10(5-8)11(13)14/h4-6H,3H2,1-2H3. The van der Waals surface area contributed by atoms with Gasteiger partial charge in [-0.15, -0.1) is 0 Å². The summed E-state index contributed by atoms with van der Waals surface area (Å²) in [6, 6.07) is 4.49. The molecule has 1 rings (SSSR count). The second-order valence-electron chi connectivity index (χ2n) is 3.05. The highest BCUT2D eigenvalue weighted by molar-refractivity contribution is 5.94. The summed E-state index contributed by atoms with van der Waals surface area (Å²) in [6.45, 7) is 3.29. The normalized spacial score (nSPS) is 9.86. The summed E-state index contributed by atoms with van der Waals surface area (Å²) in [5, 5.41) is 10.5. The first kappa shape index (κ1) is 10.4. The number of rotatable bonds is 3. The van der Waals surface area contributed by atoms with Crippen molar-refractivity contribution in [2.24, 2.45) is 0 Å². The number of ketones is 1. The third kappa shape index (κ3) is 2.16. The van der Waals surface area contributed by atoms with E-state index < -0.39 is 4.92 Å². The first-order chi connectivity index (χ1) is 6.54. The molecule has 0 aromatic heterocycles. The van der Waals surface area contributed by atoms with Gasteiger partial charge in [0.25, 0.3) is 5.69 Å². The minimum Gasteiger partial charge on any atom is -0.295 e. The predicted molar refractivity (Wildman–Crippen MR) is 52.5 cm³/mol. The van der Waals surface area contributed by atoms with Crippen molar-refractivity contribution >= 4 is 11.5 Å². The summed E-state index contributed by atoms with van der Waals surface area (Å²) >= 11 is 0. The lowest BCUT2D eigenvalue weighted by Crippen LogP contribution is -1.97. The van der Waals surface area contributed by atoms with Crippen LogP contribution >= 0.6 is 0 Å². The van der Waals surface area contributed by atoms with Gasteiger partial charge in [-0.2, -0.15) is 0 Å². The number of aryl methyl sites for hydroxylation is 1. The maximum Gasteiger partial charge on any atom is 0.270 e. The highest BCUT2D eigenvalue weighted by Crippen LogP contribution is 2.17. The number of carbonyl (C=O) groups excluding carboxylic acids is 1. The van der Waals surface area contributed by atoms with E-state index >= 15 is 0 Å². The molecule has 1 aromatic rings. The Balaban J connectivity index is 3.27. The zero-order valence-electron chi connectivity index (χ0n) is 8.11. The lowest BCUT2D eigenvalue weighted by molar-refractivity contribution is -0.384. The van der Waals surface area contributed by atoms with E-state index in [1.54, 1.807) is 6.07 Å². The molecule has 1 aromatic carbocycles. The molecule has 0 fully saturated rings. The van der Waals surface area contributed by atoms with Crippen molar-refractivity contribution in [3.8, 4) is 0 Å². The lowest BCUT2D eigenvalue weighted by Gasteiger charge is -2.00. The zero-order chi connectivity index (χ0) is 10.7. The second-order valence-corrected chi connectivity index (χ2v) is 3.05. The van der Waals surface area contributed by atoms with E-state index in [2.05, 4.69) is 0 Å². The largest absolute Gasteiger partial charge is 0.295 e. The molecule has 74 valence electrons. The molecule has 0 amide bonds. The number of nitro benzene ring substituents is 1. The third-order valence-corrected chi connectivity index (χ3v) is 2.00. The molecule has 0 N–H and O–H groups in total. The van der Waals surface area contributed by atoms with Gasteiger partial charge in [0, 0.05) is 17.7 Å². The number of non-ortho nitro benzene ring substituents is 1. The molecule has 0 aliphatic carbocycles. The molecule has 0 aliphatic heterocycles. The molecule has 0 saturated heterocycles. The molecule has 14 heavy (non-hydrogen) atoms. The van der Waals surface area contributed by atoms with Crippen LogP contribution in [0.25, 0.3) is 0 Å². The molecule has 4 nitrogen and oxygen atoms in total. The zero-order valence-corrected chi connectivity index (χ0v) is 8.11. The van der Waals surface area contributed by atoms with Gasteiger partial charge in [-0.25, -0.2) is 0 Å². The van der Waals surface area contributed by atoms with Gasteiger partial charge in [-0.05, 0) is 25.0 Å². The Morgan fingerprint density at radius 3 is 2.50 bits per heavy atom. The van der Waals surface area contributed by atoms with Gasteiger partial charge in [-0.3, -0.25) is 14.9 Å². The third-order valence-electron chi connectivity index (χ3n) is 2.00. The van der Waals surface area contributed by atoms with Gasteiger partial charge < -0.3 is 0 Å². The van der Waals surface area contributed by atoms with E-state index in [0.717, 1.165) is 5.56 Å². The Labute approximate surface area is 81.7 Å². The smallest absolute Gasteiger partial charge is 0.270 e. The van der Waals surface area contributed by atoms with Crippen LogP contribution in [0.1, 0.15) is 29.8 Å². The minimum atomic E-state index is -0.481. The van der Waals surface area contributed by atoms with Gasteiger partial charge in [-0.1, -0.05) is 6.92 Å². The highest BCUT2D eigenvalue weighted by Gasteiger charge is 2.10. The van der Waals surface area contributed by atoms with Gasteiger partial charge in [0.15, 0.2) is 5.78 Å². The number of nitrogens with zero attached hydrogens (tertiary/aromatic N) is 1. The van der Waals surface area contributed by atoms with Crippen molar-refractivity contribution in [2.45, 2.75) is 20.3 Å². The molecule has 0 bridgehead atoms. The van der Waals surface area contributed by atoms with Crippen molar-refractivity contribution in [1.29, 1.82) is 0 Å². The summed E-state index contributed by atoms with van der Waals surface area (Å²) < 4.78 is 0. The fourth-order valence-electron chi connectivity index (χ4n) is 1.19. The van der Waals surface area contributed by atoms with E-state index in [4.69, 9.17) is 0 Å².